The van der Waals surface area contributed by atoms with Crippen molar-refractivity contribution in [1.29, 1.82) is 0 Å². The van der Waals surface area contributed by atoms with Crippen LogP contribution in [0.4, 0.5) is 0 Å². The number of carboxylic acids is 1. The van der Waals surface area contributed by atoms with Crippen molar-refractivity contribution in [2.24, 2.45) is 0 Å². The van der Waals surface area contributed by atoms with E-state index in [0.29, 0.717) is 25.7 Å². The number of aliphatic carboxylic acids is 1. The first kappa shape index (κ1) is 30.4. The average Bonchev–Trinajstić information content (AvgIpc) is 2.80. The molecule has 0 bridgehead atoms. The lowest BCUT2D eigenvalue weighted by molar-refractivity contribution is -0.167. The van der Waals surface area contributed by atoms with Gasteiger partial charge in [-0.1, -0.05) is 39.5 Å². The van der Waals surface area contributed by atoms with Crippen LogP contribution in [0, 0.1) is 0 Å². The molecule has 198 valence electrons. The number of carbonyl (C=O) groups excluding carboxylic acids is 2. The summed E-state index contributed by atoms with van der Waals surface area (Å²) in [4.78, 5) is 33.9. The fourth-order valence-corrected chi connectivity index (χ4v) is 5.32. The van der Waals surface area contributed by atoms with Crippen molar-refractivity contribution in [3.8, 4) is 0 Å². The van der Waals surface area contributed by atoms with E-state index in [1.54, 1.807) is 0 Å². The minimum absolute atomic E-state index is 0.0759. The van der Waals surface area contributed by atoms with E-state index in [9.17, 15) is 9.59 Å². The first-order valence-electron chi connectivity index (χ1n) is 13.9. The lowest BCUT2D eigenvalue weighted by Crippen LogP contribution is -2.37. The SMILES string of the molecule is CC(=O)O.CCCCC1(OC(=O)CCCCC(=O)OC2(CCCC)CCCCC2)CCCCC1. The molecule has 0 aromatic carbocycles. The number of hydrogen-bond donors (Lipinski definition) is 1. The van der Waals surface area contributed by atoms with Gasteiger partial charge in [0.2, 0.25) is 0 Å². The zero-order valence-electron chi connectivity index (χ0n) is 22.1. The highest BCUT2D eigenvalue weighted by Gasteiger charge is 2.36. The van der Waals surface area contributed by atoms with Crippen LogP contribution in [0.2, 0.25) is 0 Å². The molecule has 1 N–H and O–H groups in total. The second-order valence-electron chi connectivity index (χ2n) is 10.4. The van der Waals surface area contributed by atoms with Gasteiger partial charge in [-0.05, 0) is 89.9 Å². The van der Waals surface area contributed by atoms with E-state index < -0.39 is 5.97 Å². The molecular formula is C28H50O6. The quantitative estimate of drug-likeness (QED) is 0.216. The second-order valence-corrected chi connectivity index (χ2v) is 10.4. The molecule has 2 aliphatic carbocycles. The monoisotopic (exact) mass is 482 g/mol. The Hall–Kier alpha value is -1.59. The van der Waals surface area contributed by atoms with Crippen LogP contribution in [-0.4, -0.2) is 34.2 Å². The van der Waals surface area contributed by atoms with Gasteiger partial charge in [-0.25, -0.2) is 0 Å². The first-order valence-corrected chi connectivity index (χ1v) is 13.9. The van der Waals surface area contributed by atoms with Crippen molar-refractivity contribution in [2.45, 2.75) is 160 Å². The molecule has 34 heavy (non-hydrogen) atoms. The maximum absolute atomic E-state index is 12.5. The van der Waals surface area contributed by atoms with E-state index in [-0.39, 0.29) is 23.1 Å². The van der Waals surface area contributed by atoms with Gasteiger partial charge in [-0.15, -0.1) is 0 Å². The normalized spacial score (nSPS) is 18.8. The van der Waals surface area contributed by atoms with Gasteiger partial charge < -0.3 is 14.6 Å². The second kappa shape index (κ2) is 16.9. The Morgan fingerprint density at radius 1 is 0.647 bits per heavy atom. The summed E-state index contributed by atoms with van der Waals surface area (Å²) in [6, 6.07) is 0. The maximum Gasteiger partial charge on any atom is 0.306 e. The zero-order valence-corrected chi connectivity index (χ0v) is 22.1. The van der Waals surface area contributed by atoms with E-state index >= 15 is 0 Å². The largest absolute Gasteiger partial charge is 0.481 e. The molecular weight excluding hydrogens is 432 g/mol. The number of hydrogen-bond acceptors (Lipinski definition) is 5. The molecule has 2 fully saturated rings. The predicted octanol–water partition coefficient (Wildman–Crippen LogP) is 7.51. The smallest absolute Gasteiger partial charge is 0.306 e. The van der Waals surface area contributed by atoms with Crippen molar-refractivity contribution in [2.75, 3.05) is 0 Å². The van der Waals surface area contributed by atoms with Crippen molar-refractivity contribution in [3.63, 3.8) is 0 Å². The van der Waals surface area contributed by atoms with E-state index in [2.05, 4.69) is 13.8 Å². The highest BCUT2D eigenvalue weighted by Crippen LogP contribution is 2.37. The topological polar surface area (TPSA) is 89.9 Å². The summed E-state index contributed by atoms with van der Waals surface area (Å²) in [7, 11) is 0. The van der Waals surface area contributed by atoms with E-state index in [4.69, 9.17) is 19.4 Å². The Labute approximate surface area is 207 Å². The van der Waals surface area contributed by atoms with Crippen LogP contribution < -0.4 is 0 Å². The number of carboxylic acid groups (broad SMARTS) is 1. The minimum Gasteiger partial charge on any atom is -0.481 e. The highest BCUT2D eigenvalue weighted by molar-refractivity contribution is 5.71. The lowest BCUT2D eigenvalue weighted by Gasteiger charge is -2.37. The summed E-state index contributed by atoms with van der Waals surface area (Å²) in [5, 5.41) is 7.42. The standard InChI is InChI=1S/C26H46O4.C2H4O2/c1-3-5-17-25(19-11-7-12-20-25)29-23(27)15-9-10-16-24(28)30-26(18-6-4-2)21-13-8-14-22-26;1-2(3)4/h3-22H2,1-2H3;1H3,(H,3,4). The molecule has 0 saturated heterocycles. The molecule has 0 atom stereocenters. The van der Waals surface area contributed by atoms with Crippen LogP contribution in [0.25, 0.3) is 0 Å². The van der Waals surface area contributed by atoms with Gasteiger partial charge in [-0.2, -0.15) is 0 Å². The molecule has 0 radical (unpaired) electrons. The zero-order chi connectivity index (χ0) is 25.3. The molecule has 0 spiro atoms. The predicted molar refractivity (Wildman–Crippen MR) is 135 cm³/mol. The van der Waals surface area contributed by atoms with Crippen LogP contribution >= 0.6 is 0 Å². The van der Waals surface area contributed by atoms with Gasteiger partial charge >= 0.3 is 11.9 Å². The average molecular weight is 483 g/mol. The number of rotatable bonds is 13. The molecule has 0 unspecified atom stereocenters. The molecule has 6 heteroatoms. The summed E-state index contributed by atoms with van der Waals surface area (Å²) < 4.78 is 12.0. The number of esters is 2. The Balaban J connectivity index is 0.00000133. The summed E-state index contributed by atoms with van der Waals surface area (Å²) in [6.07, 6.45) is 20.1. The maximum atomic E-state index is 12.5. The first-order chi connectivity index (χ1) is 16.3. The van der Waals surface area contributed by atoms with Gasteiger partial charge in [0.15, 0.2) is 0 Å². The van der Waals surface area contributed by atoms with Crippen LogP contribution in [-0.2, 0) is 23.9 Å². The molecule has 2 rings (SSSR count). The van der Waals surface area contributed by atoms with E-state index in [1.807, 2.05) is 0 Å². The van der Waals surface area contributed by atoms with Gasteiger partial charge in [0, 0.05) is 19.8 Å². The lowest BCUT2D eigenvalue weighted by atomic mass is 9.81. The fourth-order valence-electron chi connectivity index (χ4n) is 5.32. The van der Waals surface area contributed by atoms with Gasteiger partial charge in [0.1, 0.15) is 11.2 Å². The van der Waals surface area contributed by atoms with Crippen molar-refractivity contribution in [1.82, 2.24) is 0 Å². The van der Waals surface area contributed by atoms with Gasteiger partial charge in [0.25, 0.3) is 5.97 Å². The summed E-state index contributed by atoms with van der Waals surface area (Å²) in [5.41, 5.74) is -0.423. The minimum atomic E-state index is -0.833. The van der Waals surface area contributed by atoms with Crippen molar-refractivity contribution < 1.29 is 29.0 Å². The highest BCUT2D eigenvalue weighted by atomic mass is 16.6. The fraction of sp³-hybridized carbons (Fsp3) is 0.893. The van der Waals surface area contributed by atoms with E-state index in [0.717, 1.165) is 71.1 Å². The molecule has 0 amide bonds. The van der Waals surface area contributed by atoms with Crippen LogP contribution in [0.5, 0.6) is 0 Å². The Kier molecular flexibility index (Phi) is 15.2. The summed E-state index contributed by atoms with van der Waals surface area (Å²) in [5.74, 6) is -0.985. The Morgan fingerprint density at radius 2 is 0.971 bits per heavy atom. The molecule has 2 saturated carbocycles. The number of carbonyl (C=O) groups is 3. The summed E-state index contributed by atoms with van der Waals surface area (Å²) >= 11 is 0. The molecule has 0 aromatic rings. The van der Waals surface area contributed by atoms with E-state index in [1.165, 1.54) is 38.5 Å². The third-order valence-electron chi connectivity index (χ3n) is 7.17. The summed E-state index contributed by atoms with van der Waals surface area (Å²) in [6.45, 7) is 5.47. The molecule has 0 heterocycles. The molecule has 6 nitrogen and oxygen atoms in total. The van der Waals surface area contributed by atoms with Crippen LogP contribution in [0.1, 0.15) is 149 Å². The van der Waals surface area contributed by atoms with Gasteiger partial charge in [0.05, 0.1) is 0 Å². The number of unbranched alkanes of at least 4 members (excludes halogenated alkanes) is 3. The molecule has 2 aliphatic rings. The van der Waals surface area contributed by atoms with Crippen LogP contribution in [0.15, 0.2) is 0 Å². The molecule has 0 aromatic heterocycles. The van der Waals surface area contributed by atoms with Crippen molar-refractivity contribution >= 4 is 17.9 Å². The Morgan fingerprint density at radius 3 is 1.26 bits per heavy atom. The third-order valence-corrected chi connectivity index (χ3v) is 7.17. The van der Waals surface area contributed by atoms with Crippen LogP contribution in [0.3, 0.4) is 0 Å². The van der Waals surface area contributed by atoms with Gasteiger partial charge in [-0.3, -0.25) is 14.4 Å². The van der Waals surface area contributed by atoms with Crippen molar-refractivity contribution in [3.05, 3.63) is 0 Å². The number of ether oxygens (including phenoxy) is 2. The third kappa shape index (κ3) is 12.8. The Bertz CT molecular complexity index is 538. The molecule has 0 aliphatic heterocycles.